The Morgan fingerprint density at radius 2 is 1.92 bits per heavy atom. The number of amides is 1. The molecule has 0 spiro atoms. The Balaban J connectivity index is 1.41. The maximum Gasteiger partial charge on any atom is 0.270 e. The van der Waals surface area contributed by atoms with E-state index in [9.17, 15) is 14.3 Å². The van der Waals surface area contributed by atoms with Crippen LogP contribution in [0, 0.1) is 19.7 Å². The van der Waals surface area contributed by atoms with Gasteiger partial charge in [0.05, 0.1) is 12.3 Å². The smallest absolute Gasteiger partial charge is 0.270 e. The van der Waals surface area contributed by atoms with E-state index in [2.05, 4.69) is 10.3 Å². The summed E-state index contributed by atoms with van der Waals surface area (Å²) in [4.78, 5) is 24.1. The highest BCUT2D eigenvalue weighted by Gasteiger charge is 2.27. The highest BCUT2D eigenvalue weighted by Crippen LogP contribution is 2.29. The third-order valence-electron chi connectivity index (χ3n) is 6.39. The van der Waals surface area contributed by atoms with E-state index in [1.807, 2.05) is 42.8 Å². The molecule has 7 nitrogen and oxygen atoms in total. The van der Waals surface area contributed by atoms with Crippen LogP contribution in [0.4, 0.5) is 16.0 Å². The summed E-state index contributed by atoms with van der Waals surface area (Å²) in [6.45, 7) is 4.98. The van der Waals surface area contributed by atoms with Crippen LogP contribution in [-0.4, -0.2) is 37.0 Å². The fourth-order valence-corrected chi connectivity index (χ4v) is 4.66. The predicted octanol–water partition coefficient (Wildman–Crippen LogP) is 5.25. The van der Waals surface area contributed by atoms with Crippen molar-refractivity contribution in [3.8, 4) is 11.3 Å². The summed E-state index contributed by atoms with van der Waals surface area (Å²) in [7, 11) is 0. The molecule has 0 unspecified atom stereocenters. The van der Waals surface area contributed by atoms with Crippen LogP contribution in [-0.2, 0) is 19.7 Å². The van der Waals surface area contributed by atoms with Crippen LogP contribution in [0.1, 0.15) is 32.7 Å². The van der Waals surface area contributed by atoms with Crippen molar-refractivity contribution in [3.05, 3.63) is 93.6 Å². The van der Waals surface area contributed by atoms with Gasteiger partial charge in [-0.2, -0.15) is 0 Å². The maximum atomic E-state index is 13.8. The molecule has 4 aromatic rings. The molecule has 0 aliphatic carbocycles. The zero-order valence-corrected chi connectivity index (χ0v) is 20.7. The Kier molecular flexibility index (Phi) is 6.47. The van der Waals surface area contributed by atoms with Crippen LogP contribution >= 0.6 is 11.6 Å². The first-order valence-electron chi connectivity index (χ1n) is 11.6. The molecular formula is C27H25ClFN5O2. The van der Waals surface area contributed by atoms with Crippen LogP contribution in [0.25, 0.3) is 11.3 Å². The van der Waals surface area contributed by atoms with Crippen molar-refractivity contribution in [1.29, 1.82) is 0 Å². The maximum absolute atomic E-state index is 13.8. The summed E-state index contributed by atoms with van der Waals surface area (Å²) in [5.74, 6) is -0.0990. The summed E-state index contributed by atoms with van der Waals surface area (Å²) in [6, 6.07) is 11.6. The van der Waals surface area contributed by atoms with Crippen LogP contribution in [0.3, 0.4) is 0 Å². The molecule has 0 saturated heterocycles. The second-order valence-corrected chi connectivity index (χ2v) is 9.35. The van der Waals surface area contributed by atoms with Gasteiger partial charge >= 0.3 is 0 Å². The van der Waals surface area contributed by atoms with Gasteiger partial charge in [0.2, 0.25) is 5.95 Å². The van der Waals surface area contributed by atoms with Crippen LogP contribution < -0.4 is 5.32 Å². The minimum Gasteiger partial charge on any atom is -0.392 e. The summed E-state index contributed by atoms with van der Waals surface area (Å²) in [5, 5.41) is 13.5. The average Bonchev–Trinajstić information content (AvgIpc) is 3.29. The summed E-state index contributed by atoms with van der Waals surface area (Å²) >= 11 is 6.06. The quantitative estimate of drug-likeness (QED) is 0.374. The van der Waals surface area contributed by atoms with Gasteiger partial charge in [-0.15, -0.1) is 0 Å². The largest absolute Gasteiger partial charge is 0.392 e. The lowest BCUT2D eigenvalue weighted by molar-refractivity contribution is 0.0689. The molecule has 1 amide bonds. The summed E-state index contributed by atoms with van der Waals surface area (Å²) in [6.07, 6.45) is 3.68. The van der Waals surface area contributed by atoms with E-state index >= 15 is 0 Å². The number of anilines is 2. The van der Waals surface area contributed by atoms with E-state index < -0.39 is 5.82 Å². The van der Waals surface area contributed by atoms with Gasteiger partial charge in [0.15, 0.2) is 0 Å². The lowest BCUT2D eigenvalue weighted by Crippen LogP contribution is -2.39. The molecule has 0 saturated carbocycles. The molecule has 184 valence electrons. The SMILES string of the molecule is Cc1cc(Cl)ccc1Nc1ncc(C)c(-c2cc3n(c2)CCN(Cc2cc(F)ccc2CO)C3=O)n1. The molecule has 5 rings (SSSR count). The van der Waals surface area contributed by atoms with Gasteiger partial charge in [0.1, 0.15) is 11.5 Å². The molecule has 1 aliphatic heterocycles. The number of hydrogen-bond acceptors (Lipinski definition) is 5. The molecule has 0 atom stereocenters. The Hall–Kier alpha value is -3.75. The number of carbonyl (C=O) groups is 1. The number of aryl methyl sites for hydroxylation is 2. The highest BCUT2D eigenvalue weighted by molar-refractivity contribution is 6.30. The van der Waals surface area contributed by atoms with Crippen molar-refractivity contribution >= 4 is 29.1 Å². The average molecular weight is 506 g/mol. The zero-order valence-electron chi connectivity index (χ0n) is 19.9. The van der Waals surface area contributed by atoms with Gasteiger partial charge in [-0.3, -0.25) is 4.79 Å². The number of aliphatic hydroxyl groups excluding tert-OH is 1. The topological polar surface area (TPSA) is 83.3 Å². The monoisotopic (exact) mass is 505 g/mol. The molecular weight excluding hydrogens is 481 g/mol. The predicted molar refractivity (Wildman–Crippen MR) is 137 cm³/mol. The number of nitrogens with zero attached hydrogens (tertiary/aromatic N) is 4. The number of hydrogen-bond donors (Lipinski definition) is 2. The van der Waals surface area contributed by atoms with E-state index in [1.165, 1.54) is 12.1 Å². The van der Waals surface area contributed by atoms with Crippen molar-refractivity contribution in [2.24, 2.45) is 0 Å². The Morgan fingerprint density at radius 1 is 1.08 bits per heavy atom. The molecule has 2 aromatic heterocycles. The second kappa shape index (κ2) is 9.72. The van der Waals surface area contributed by atoms with Crippen molar-refractivity contribution in [1.82, 2.24) is 19.4 Å². The van der Waals surface area contributed by atoms with E-state index in [0.717, 1.165) is 28.1 Å². The van der Waals surface area contributed by atoms with E-state index in [4.69, 9.17) is 16.6 Å². The third kappa shape index (κ3) is 4.69. The zero-order chi connectivity index (χ0) is 25.4. The summed E-state index contributed by atoms with van der Waals surface area (Å²) < 4.78 is 15.7. The lowest BCUT2D eigenvalue weighted by Gasteiger charge is -2.29. The molecule has 3 heterocycles. The first-order valence-corrected chi connectivity index (χ1v) is 11.9. The Labute approximate surface area is 213 Å². The van der Waals surface area contributed by atoms with Gasteiger partial charge < -0.3 is 19.9 Å². The number of fused-ring (bicyclic) bond motifs is 1. The molecule has 36 heavy (non-hydrogen) atoms. The lowest BCUT2D eigenvalue weighted by atomic mass is 10.1. The molecule has 1 aliphatic rings. The second-order valence-electron chi connectivity index (χ2n) is 8.91. The number of aliphatic hydroxyl groups is 1. The Morgan fingerprint density at radius 3 is 2.69 bits per heavy atom. The van der Waals surface area contributed by atoms with Crippen molar-refractivity contribution in [2.75, 3.05) is 11.9 Å². The first-order chi connectivity index (χ1) is 17.3. The normalized spacial score (nSPS) is 13.1. The Bertz CT molecular complexity index is 1470. The van der Waals surface area contributed by atoms with E-state index in [1.54, 1.807) is 23.2 Å². The van der Waals surface area contributed by atoms with Gasteiger partial charge in [0, 0.05) is 48.3 Å². The van der Waals surface area contributed by atoms with Gasteiger partial charge in [0.25, 0.3) is 5.91 Å². The standard InChI is InChI=1S/C27H25ClFN5O2/c1-16-9-21(28)4-6-23(16)31-27-30-12-17(2)25(32-27)20-11-24-26(36)34(8-7-33(24)14-20)13-19-10-22(29)5-3-18(19)15-35/h3-6,9-12,14,35H,7-8,13,15H2,1-2H3,(H,30,31,32). The number of benzene rings is 2. The summed E-state index contributed by atoms with van der Waals surface area (Å²) in [5.41, 5.74) is 6.01. The molecule has 0 radical (unpaired) electrons. The molecule has 9 heteroatoms. The highest BCUT2D eigenvalue weighted by atomic mass is 35.5. The third-order valence-corrected chi connectivity index (χ3v) is 6.63. The molecule has 0 fully saturated rings. The van der Waals surface area contributed by atoms with Crippen molar-refractivity contribution in [3.63, 3.8) is 0 Å². The van der Waals surface area contributed by atoms with E-state index in [-0.39, 0.29) is 19.1 Å². The van der Waals surface area contributed by atoms with Crippen molar-refractivity contribution in [2.45, 2.75) is 33.5 Å². The first kappa shape index (κ1) is 24.0. The van der Waals surface area contributed by atoms with Gasteiger partial charge in [-0.05, 0) is 72.5 Å². The fourth-order valence-electron chi connectivity index (χ4n) is 4.43. The number of rotatable bonds is 6. The van der Waals surface area contributed by atoms with Gasteiger partial charge in [-0.25, -0.2) is 14.4 Å². The molecule has 0 bridgehead atoms. The minimum atomic E-state index is -0.394. The minimum absolute atomic E-state index is 0.150. The molecule has 2 N–H and O–H groups in total. The number of aromatic nitrogens is 3. The fraction of sp³-hybridized carbons (Fsp3) is 0.222. The van der Waals surface area contributed by atoms with Crippen LogP contribution in [0.15, 0.2) is 54.9 Å². The van der Waals surface area contributed by atoms with Crippen LogP contribution in [0.2, 0.25) is 5.02 Å². The number of carbonyl (C=O) groups excluding carboxylic acids is 1. The van der Waals surface area contributed by atoms with Crippen molar-refractivity contribution < 1.29 is 14.3 Å². The number of halogens is 2. The van der Waals surface area contributed by atoms with E-state index in [0.29, 0.717) is 40.9 Å². The van der Waals surface area contributed by atoms with Crippen LogP contribution in [0.5, 0.6) is 0 Å². The number of nitrogens with one attached hydrogen (secondary N) is 1. The van der Waals surface area contributed by atoms with Gasteiger partial charge in [-0.1, -0.05) is 17.7 Å². The molecule has 2 aromatic carbocycles.